The summed E-state index contributed by atoms with van der Waals surface area (Å²) in [5.41, 5.74) is 0.781. The molecule has 1 saturated heterocycles. The molecule has 0 bridgehead atoms. The van der Waals surface area contributed by atoms with Crippen molar-refractivity contribution in [2.24, 2.45) is 4.99 Å². The number of thioether (sulfide) groups is 1. The molecule has 1 amide bonds. The maximum absolute atomic E-state index is 12.0. The van der Waals surface area contributed by atoms with E-state index in [1.807, 2.05) is 0 Å². The second-order valence-corrected chi connectivity index (χ2v) is 6.49. The third-order valence-corrected chi connectivity index (χ3v) is 4.85. The van der Waals surface area contributed by atoms with Gasteiger partial charge >= 0.3 is 0 Å². The number of aromatic hydroxyl groups is 1. The fraction of sp³-hybridized carbons (Fsp3) is 0.333. The Bertz CT molecular complexity index is 637. The summed E-state index contributed by atoms with van der Waals surface area (Å²) >= 11 is 7.29. The number of phenols is 1. The van der Waals surface area contributed by atoms with Crippen molar-refractivity contribution in [3.05, 3.63) is 33.7 Å². The molecule has 1 aromatic rings. The number of likely N-dealkylation sites (tertiary alicyclic amines) is 1. The van der Waals surface area contributed by atoms with Crippen LogP contribution in [0.3, 0.4) is 0 Å². The van der Waals surface area contributed by atoms with Crippen LogP contribution in [0.5, 0.6) is 5.75 Å². The zero-order chi connectivity index (χ0) is 14.8. The van der Waals surface area contributed by atoms with Crippen LogP contribution < -0.4 is 0 Å². The first kappa shape index (κ1) is 14.5. The summed E-state index contributed by atoms with van der Waals surface area (Å²) in [5.74, 6) is -0.167. The van der Waals surface area contributed by atoms with Crippen molar-refractivity contribution in [2.75, 3.05) is 13.1 Å². The molecule has 1 aromatic carbocycles. The molecule has 2 aliphatic rings. The van der Waals surface area contributed by atoms with Gasteiger partial charge in [0.05, 0.1) is 9.93 Å². The van der Waals surface area contributed by atoms with Gasteiger partial charge in [-0.15, -0.1) is 0 Å². The molecule has 0 aromatic heterocycles. The number of halogens is 1. The number of amidine groups is 1. The number of phenolic OH excluding ortho intramolecular Hbond substituents is 1. The summed E-state index contributed by atoms with van der Waals surface area (Å²) < 4.78 is 0. The number of piperidine rings is 1. The number of benzene rings is 1. The van der Waals surface area contributed by atoms with Gasteiger partial charge in [-0.05, 0) is 54.8 Å². The molecule has 6 heteroatoms. The second kappa shape index (κ2) is 6.12. The molecule has 2 aliphatic heterocycles. The standard InChI is InChI=1S/C15H15ClN2O2S/c16-11-8-10(4-5-12(11)19)9-13-14(20)17-15(21-13)18-6-2-1-3-7-18/h4-5,8-9,19H,1-3,6-7H2/b13-9-. The van der Waals surface area contributed by atoms with E-state index in [4.69, 9.17) is 11.6 Å². The minimum Gasteiger partial charge on any atom is -0.506 e. The molecule has 0 saturated carbocycles. The van der Waals surface area contributed by atoms with E-state index in [1.165, 1.54) is 24.2 Å². The summed E-state index contributed by atoms with van der Waals surface area (Å²) in [4.78, 5) is 18.9. The van der Waals surface area contributed by atoms with Crippen LogP contribution in [-0.4, -0.2) is 34.2 Å². The summed E-state index contributed by atoms with van der Waals surface area (Å²) in [7, 11) is 0. The third-order valence-electron chi connectivity index (χ3n) is 3.51. The maximum Gasteiger partial charge on any atom is 0.286 e. The van der Waals surface area contributed by atoms with E-state index in [0.29, 0.717) is 4.91 Å². The predicted octanol–water partition coefficient (Wildman–Crippen LogP) is 3.50. The molecule has 1 fully saturated rings. The van der Waals surface area contributed by atoms with Crippen LogP contribution in [-0.2, 0) is 4.79 Å². The number of nitrogens with zero attached hydrogens (tertiary/aromatic N) is 2. The minimum absolute atomic E-state index is 0.0365. The van der Waals surface area contributed by atoms with Crippen LogP contribution in [0, 0.1) is 0 Å². The molecule has 110 valence electrons. The summed E-state index contributed by atoms with van der Waals surface area (Å²) in [6.07, 6.45) is 5.32. The van der Waals surface area contributed by atoms with Crippen molar-refractivity contribution in [3.63, 3.8) is 0 Å². The summed E-state index contributed by atoms with van der Waals surface area (Å²) in [5, 5.41) is 10.5. The molecule has 3 rings (SSSR count). The Morgan fingerprint density at radius 2 is 2.05 bits per heavy atom. The van der Waals surface area contributed by atoms with Gasteiger partial charge in [0, 0.05) is 13.1 Å². The van der Waals surface area contributed by atoms with Crippen LogP contribution in [0.2, 0.25) is 5.02 Å². The predicted molar refractivity (Wildman–Crippen MR) is 86.6 cm³/mol. The zero-order valence-electron chi connectivity index (χ0n) is 11.4. The van der Waals surface area contributed by atoms with Gasteiger partial charge in [0.2, 0.25) is 0 Å². The highest BCUT2D eigenvalue weighted by atomic mass is 35.5. The number of amides is 1. The Kier molecular flexibility index (Phi) is 4.22. The van der Waals surface area contributed by atoms with E-state index in [1.54, 1.807) is 18.2 Å². The lowest BCUT2D eigenvalue weighted by Crippen LogP contribution is -2.33. The fourth-order valence-electron chi connectivity index (χ4n) is 2.38. The van der Waals surface area contributed by atoms with Gasteiger partial charge in [0.15, 0.2) is 5.17 Å². The van der Waals surface area contributed by atoms with Crippen molar-refractivity contribution < 1.29 is 9.90 Å². The third kappa shape index (κ3) is 3.24. The van der Waals surface area contributed by atoms with Gasteiger partial charge in [0.1, 0.15) is 5.75 Å². The molecule has 21 heavy (non-hydrogen) atoms. The highest BCUT2D eigenvalue weighted by molar-refractivity contribution is 8.18. The number of carbonyl (C=O) groups excluding carboxylic acids is 1. The van der Waals surface area contributed by atoms with E-state index < -0.39 is 0 Å². The molecule has 0 radical (unpaired) electrons. The van der Waals surface area contributed by atoms with Gasteiger partial charge in [-0.25, -0.2) is 0 Å². The fourth-order valence-corrected chi connectivity index (χ4v) is 3.54. The quantitative estimate of drug-likeness (QED) is 0.804. The van der Waals surface area contributed by atoms with Gasteiger partial charge in [-0.2, -0.15) is 4.99 Å². The van der Waals surface area contributed by atoms with Crippen molar-refractivity contribution in [2.45, 2.75) is 19.3 Å². The molecule has 1 N–H and O–H groups in total. The highest BCUT2D eigenvalue weighted by Crippen LogP contribution is 2.32. The van der Waals surface area contributed by atoms with E-state index in [2.05, 4.69) is 9.89 Å². The van der Waals surface area contributed by atoms with E-state index in [9.17, 15) is 9.90 Å². The largest absolute Gasteiger partial charge is 0.506 e. The zero-order valence-corrected chi connectivity index (χ0v) is 13.0. The number of carbonyl (C=O) groups is 1. The molecular weight excluding hydrogens is 308 g/mol. The minimum atomic E-state index is -0.204. The van der Waals surface area contributed by atoms with Crippen LogP contribution in [0.25, 0.3) is 6.08 Å². The van der Waals surface area contributed by atoms with Crippen LogP contribution in [0.15, 0.2) is 28.1 Å². The number of hydrogen-bond donors (Lipinski definition) is 1. The molecule has 0 spiro atoms. The first-order valence-corrected chi connectivity index (χ1v) is 8.09. The van der Waals surface area contributed by atoms with E-state index in [-0.39, 0.29) is 16.7 Å². The lowest BCUT2D eigenvalue weighted by molar-refractivity contribution is -0.113. The highest BCUT2D eigenvalue weighted by Gasteiger charge is 2.26. The van der Waals surface area contributed by atoms with Crippen molar-refractivity contribution in [1.82, 2.24) is 4.90 Å². The first-order chi connectivity index (χ1) is 10.1. The molecule has 0 unspecified atom stereocenters. The van der Waals surface area contributed by atoms with Crippen molar-refractivity contribution in [3.8, 4) is 5.75 Å². The Morgan fingerprint density at radius 3 is 2.76 bits per heavy atom. The van der Waals surface area contributed by atoms with Gasteiger partial charge in [-0.1, -0.05) is 17.7 Å². The number of rotatable bonds is 1. The molecule has 0 aliphatic carbocycles. The van der Waals surface area contributed by atoms with Crippen LogP contribution in [0.4, 0.5) is 0 Å². The molecule has 0 atom stereocenters. The van der Waals surface area contributed by atoms with Crippen molar-refractivity contribution in [1.29, 1.82) is 0 Å². The normalized spacial score (nSPS) is 21.0. The van der Waals surface area contributed by atoms with Crippen LogP contribution >= 0.6 is 23.4 Å². The van der Waals surface area contributed by atoms with Crippen LogP contribution in [0.1, 0.15) is 24.8 Å². The number of aliphatic imine (C=N–C) groups is 1. The molecular formula is C15H15ClN2O2S. The van der Waals surface area contributed by atoms with E-state index in [0.717, 1.165) is 36.7 Å². The van der Waals surface area contributed by atoms with E-state index >= 15 is 0 Å². The monoisotopic (exact) mass is 322 g/mol. The average molecular weight is 323 g/mol. The lowest BCUT2D eigenvalue weighted by Gasteiger charge is -2.27. The second-order valence-electron chi connectivity index (χ2n) is 5.07. The first-order valence-electron chi connectivity index (χ1n) is 6.89. The Balaban J connectivity index is 1.77. The summed E-state index contributed by atoms with van der Waals surface area (Å²) in [6.45, 7) is 1.94. The topological polar surface area (TPSA) is 52.9 Å². The average Bonchev–Trinajstić information content (AvgIpc) is 2.85. The Labute approximate surface area is 132 Å². The van der Waals surface area contributed by atoms with Gasteiger partial charge < -0.3 is 10.0 Å². The number of hydrogen-bond acceptors (Lipinski definition) is 4. The smallest absolute Gasteiger partial charge is 0.286 e. The molecule has 2 heterocycles. The maximum atomic E-state index is 12.0. The van der Waals surface area contributed by atoms with Gasteiger partial charge in [-0.3, -0.25) is 4.79 Å². The lowest BCUT2D eigenvalue weighted by atomic mass is 10.1. The molecule has 4 nitrogen and oxygen atoms in total. The summed E-state index contributed by atoms with van der Waals surface area (Å²) in [6, 6.07) is 4.88. The Hall–Kier alpha value is -1.46. The van der Waals surface area contributed by atoms with Gasteiger partial charge in [0.25, 0.3) is 5.91 Å². The SMILES string of the molecule is O=C1N=C(N2CCCCC2)S/C1=C\c1ccc(O)c(Cl)c1. The van der Waals surface area contributed by atoms with Crippen molar-refractivity contribution >= 4 is 40.5 Å². The Morgan fingerprint density at radius 1 is 1.29 bits per heavy atom.